The third kappa shape index (κ3) is 4.72. The molecule has 0 spiro atoms. The number of amides is 1. The summed E-state index contributed by atoms with van der Waals surface area (Å²) in [7, 11) is 0. The van der Waals surface area contributed by atoms with Crippen molar-refractivity contribution in [2.75, 3.05) is 0 Å². The van der Waals surface area contributed by atoms with Gasteiger partial charge in [-0.1, -0.05) is 42.5 Å². The molecule has 2 aromatic carbocycles. The van der Waals surface area contributed by atoms with E-state index in [0.717, 1.165) is 5.56 Å². The van der Waals surface area contributed by atoms with E-state index < -0.39 is 17.7 Å². The number of halogens is 1. The van der Waals surface area contributed by atoms with Crippen LogP contribution in [0.5, 0.6) is 0 Å². The summed E-state index contributed by atoms with van der Waals surface area (Å²) in [6.07, 6.45) is 0. The minimum Gasteiger partial charge on any atom is -0.454 e. The second-order valence-corrected chi connectivity index (χ2v) is 4.37. The Morgan fingerprint density at radius 2 is 1.71 bits per heavy atom. The fourth-order valence-corrected chi connectivity index (χ4v) is 1.69. The third-order valence-corrected chi connectivity index (χ3v) is 2.74. The Balaban J connectivity index is 1.79. The number of hydrogen-bond donors (Lipinski definition) is 1. The highest BCUT2D eigenvalue weighted by Gasteiger charge is 2.14. The highest BCUT2D eigenvalue weighted by molar-refractivity contribution is 6.32. The van der Waals surface area contributed by atoms with Crippen molar-refractivity contribution in [3.05, 3.63) is 71.5 Å². The van der Waals surface area contributed by atoms with Crippen LogP contribution in [0.2, 0.25) is 0 Å². The molecule has 0 saturated heterocycles. The van der Waals surface area contributed by atoms with Crippen LogP contribution < -0.4 is 5.32 Å². The number of rotatable bonds is 4. The third-order valence-electron chi connectivity index (χ3n) is 2.74. The van der Waals surface area contributed by atoms with Crippen molar-refractivity contribution in [1.29, 1.82) is 0 Å². The summed E-state index contributed by atoms with van der Waals surface area (Å²) in [4.78, 5) is 23.0. The molecule has 0 saturated carbocycles. The normalized spacial score (nSPS) is 9.95. The van der Waals surface area contributed by atoms with Crippen LogP contribution in [0.1, 0.15) is 11.1 Å². The maximum Gasteiger partial charge on any atom is 0.397 e. The molecule has 0 unspecified atom stereocenters. The summed E-state index contributed by atoms with van der Waals surface area (Å²) >= 11 is 0. The molecule has 0 aliphatic heterocycles. The number of hydrogen-bond acceptors (Lipinski definition) is 3. The monoisotopic (exact) mass is 287 g/mol. The lowest BCUT2D eigenvalue weighted by Gasteiger charge is -2.06. The lowest BCUT2D eigenvalue weighted by Crippen LogP contribution is -2.32. The topological polar surface area (TPSA) is 55.4 Å². The molecule has 2 aromatic rings. The van der Waals surface area contributed by atoms with Gasteiger partial charge in [-0.25, -0.2) is 9.18 Å². The first kappa shape index (κ1) is 14.7. The van der Waals surface area contributed by atoms with E-state index in [4.69, 9.17) is 4.74 Å². The molecule has 1 amide bonds. The quantitative estimate of drug-likeness (QED) is 0.692. The second kappa shape index (κ2) is 7.19. The predicted molar refractivity (Wildman–Crippen MR) is 74.5 cm³/mol. The van der Waals surface area contributed by atoms with Crippen molar-refractivity contribution in [1.82, 2.24) is 5.32 Å². The predicted octanol–water partition coefficient (Wildman–Crippen LogP) is 2.19. The van der Waals surface area contributed by atoms with Crippen LogP contribution in [0.4, 0.5) is 4.39 Å². The van der Waals surface area contributed by atoms with Gasteiger partial charge >= 0.3 is 11.9 Å². The van der Waals surface area contributed by atoms with E-state index in [-0.39, 0.29) is 13.2 Å². The highest BCUT2D eigenvalue weighted by Crippen LogP contribution is 2.03. The van der Waals surface area contributed by atoms with E-state index in [1.54, 1.807) is 18.2 Å². The second-order valence-electron chi connectivity index (χ2n) is 4.37. The van der Waals surface area contributed by atoms with Gasteiger partial charge in [-0.3, -0.25) is 4.79 Å². The number of carbonyl (C=O) groups is 2. The van der Waals surface area contributed by atoms with Crippen molar-refractivity contribution >= 4 is 11.9 Å². The Morgan fingerprint density at radius 3 is 2.43 bits per heavy atom. The van der Waals surface area contributed by atoms with Crippen molar-refractivity contribution in [3.8, 4) is 0 Å². The summed E-state index contributed by atoms with van der Waals surface area (Å²) in [5.41, 5.74) is 1.36. The molecule has 0 radical (unpaired) electrons. The van der Waals surface area contributed by atoms with Gasteiger partial charge in [0.2, 0.25) is 0 Å². The first-order valence-electron chi connectivity index (χ1n) is 6.38. The lowest BCUT2D eigenvalue weighted by molar-refractivity contribution is -0.155. The van der Waals surface area contributed by atoms with Gasteiger partial charge in [-0.15, -0.1) is 0 Å². The average Bonchev–Trinajstić information content (AvgIpc) is 2.51. The van der Waals surface area contributed by atoms with Crippen LogP contribution in [0.25, 0.3) is 0 Å². The van der Waals surface area contributed by atoms with Crippen molar-refractivity contribution < 1.29 is 18.7 Å². The minimum absolute atomic E-state index is 0.0348. The number of nitrogens with one attached hydrogen (secondary N) is 1. The van der Waals surface area contributed by atoms with Crippen LogP contribution >= 0.6 is 0 Å². The molecule has 4 nitrogen and oxygen atoms in total. The number of carbonyl (C=O) groups excluding carboxylic acids is 2. The van der Waals surface area contributed by atoms with Gasteiger partial charge in [0.05, 0.1) is 0 Å². The van der Waals surface area contributed by atoms with E-state index in [1.165, 1.54) is 18.2 Å². The summed E-state index contributed by atoms with van der Waals surface area (Å²) in [5.74, 6) is -2.21. The maximum absolute atomic E-state index is 13.0. The highest BCUT2D eigenvalue weighted by atomic mass is 19.1. The first-order valence-corrected chi connectivity index (χ1v) is 6.38. The van der Waals surface area contributed by atoms with Gasteiger partial charge in [0.15, 0.2) is 0 Å². The summed E-state index contributed by atoms with van der Waals surface area (Å²) in [6, 6.07) is 14.8. The van der Waals surface area contributed by atoms with E-state index in [0.29, 0.717) is 5.56 Å². The van der Waals surface area contributed by atoms with E-state index in [1.807, 2.05) is 18.2 Å². The van der Waals surface area contributed by atoms with Crippen LogP contribution in [-0.2, 0) is 27.5 Å². The smallest absolute Gasteiger partial charge is 0.397 e. The van der Waals surface area contributed by atoms with E-state index in [2.05, 4.69) is 5.32 Å². The van der Waals surface area contributed by atoms with Gasteiger partial charge in [0.1, 0.15) is 12.4 Å². The molecule has 0 bridgehead atoms. The molecular formula is C16H14FNO3. The Bertz CT molecular complexity index is 628. The molecule has 0 heterocycles. The fourth-order valence-electron chi connectivity index (χ4n) is 1.69. The van der Waals surface area contributed by atoms with Crippen LogP contribution in [-0.4, -0.2) is 11.9 Å². The molecule has 1 N–H and O–H groups in total. The van der Waals surface area contributed by atoms with Crippen molar-refractivity contribution in [3.63, 3.8) is 0 Å². The van der Waals surface area contributed by atoms with Gasteiger partial charge in [-0.2, -0.15) is 0 Å². The molecule has 0 aromatic heterocycles. The molecule has 0 aliphatic carbocycles. The van der Waals surface area contributed by atoms with Crippen LogP contribution in [0, 0.1) is 5.82 Å². The van der Waals surface area contributed by atoms with Crippen LogP contribution in [0.15, 0.2) is 54.6 Å². The Hall–Kier alpha value is -2.69. The molecule has 0 aliphatic rings. The Kier molecular flexibility index (Phi) is 5.04. The maximum atomic E-state index is 13.0. The van der Waals surface area contributed by atoms with Crippen molar-refractivity contribution in [2.45, 2.75) is 13.2 Å². The average molecular weight is 287 g/mol. The standard InChI is InChI=1S/C16H14FNO3/c17-14-8-4-7-13(9-14)10-18-15(19)16(20)21-11-12-5-2-1-3-6-12/h1-9H,10-11H2,(H,18,19). The lowest BCUT2D eigenvalue weighted by atomic mass is 10.2. The number of ether oxygens (including phenoxy) is 1. The minimum atomic E-state index is -0.963. The van der Waals surface area contributed by atoms with Gasteiger partial charge < -0.3 is 10.1 Å². The Labute approximate surface area is 121 Å². The molecule has 108 valence electrons. The molecule has 2 rings (SSSR count). The van der Waals surface area contributed by atoms with Gasteiger partial charge in [0, 0.05) is 6.54 Å². The fraction of sp³-hybridized carbons (Fsp3) is 0.125. The zero-order chi connectivity index (χ0) is 15.1. The SMILES string of the molecule is O=C(NCc1cccc(F)c1)C(=O)OCc1ccccc1. The summed E-state index contributed by atoms with van der Waals surface area (Å²) in [6.45, 7) is 0.101. The van der Waals surface area contributed by atoms with Crippen molar-refractivity contribution in [2.24, 2.45) is 0 Å². The largest absolute Gasteiger partial charge is 0.454 e. The van der Waals surface area contributed by atoms with Gasteiger partial charge in [0.25, 0.3) is 0 Å². The molecule has 0 atom stereocenters. The van der Waals surface area contributed by atoms with Gasteiger partial charge in [-0.05, 0) is 23.3 Å². The molecule has 0 fully saturated rings. The zero-order valence-corrected chi connectivity index (χ0v) is 11.2. The summed E-state index contributed by atoms with van der Waals surface area (Å²) < 4.78 is 17.8. The summed E-state index contributed by atoms with van der Waals surface area (Å²) in [5, 5.41) is 2.38. The van der Waals surface area contributed by atoms with E-state index in [9.17, 15) is 14.0 Å². The number of benzene rings is 2. The molecule has 5 heteroatoms. The first-order chi connectivity index (χ1) is 10.1. The van der Waals surface area contributed by atoms with Crippen LogP contribution in [0.3, 0.4) is 0 Å². The Morgan fingerprint density at radius 1 is 1.00 bits per heavy atom. The zero-order valence-electron chi connectivity index (χ0n) is 11.2. The van der Waals surface area contributed by atoms with E-state index >= 15 is 0 Å². The molecular weight excluding hydrogens is 273 g/mol. The molecule has 21 heavy (non-hydrogen) atoms. The number of esters is 1.